The Bertz CT molecular complexity index is 575. The van der Waals surface area contributed by atoms with Crippen molar-refractivity contribution in [3.63, 3.8) is 0 Å². The Kier molecular flexibility index (Phi) is 2.74. The van der Waals surface area contributed by atoms with Crippen molar-refractivity contribution < 1.29 is 14.3 Å². The largest absolute Gasteiger partial charge is 0.367 e. The van der Waals surface area contributed by atoms with Gasteiger partial charge >= 0.3 is 0 Å². The van der Waals surface area contributed by atoms with E-state index in [0.29, 0.717) is 17.6 Å². The molecule has 2 saturated heterocycles. The van der Waals surface area contributed by atoms with Gasteiger partial charge in [-0.3, -0.25) is 4.79 Å². The third-order valence-corrected chi connectivity index (χ3v) is 8.28. The first-order valence-electron chi connectivity index (χ1n) is 8.80. The molecule has 3 heteroatoms. The molecule has 4 aliphatic rings. The zero-order valence-electron chi connectivity index (χ0n) is 14.6. The van der Waals surface area contributed by atoms with Gasteiger partial charge in [-0.15, -0.1) is 0 Å². The van der Waals surface area contributed by atoms with E-state index in [1.165, 1.54) is 0 Å². The van der Waals surface area contributed by atoms with Gasteiger partial charge in [-0.25, -0.2) is 0 Å². The van der Waals surface area contributed by atoms with Crippen LogP contribution < -0.4 is 0 Å². The fourth-order valence-corrected chi connectivity index (χ4v) is 6.71. The van der Waals surface area contributed by atoms with Crippen LogP contribution >= 0.6 is 0 Å². The van der Waals surface area contributed by atoms with Crippen molar-refractivity contribution in [1.82, 2.24) is 0 Å². The predicted molar refractivity (Wildman–Crippen MR) is 84.4 cm³/mol. The lowest BCUT2D eigenvalue weighted by molar-refractivity contribution is -0.222. The summed E-state index contributed by atoms with van der Waals surface area (Å²) in [5.74, 6) is 1.25. The van der Waals surface area contributed by atoms with Crippen LogP contribution in [0, 0.1) is 28.6 Å². The van der Waals surface area contributed by atoms with Crippen LogP contribution in [0.15, 0.2) is 11.6 Å². The molecule has 0 N–H and O–H groups in total. The van der Waals surface area contributed by atoms with Gasteiger partial charge in [-0.05, 0) is 36.8 Å². The van der Waals surface area contributed by atoms with Crippen LogP contribution in [0.4, 0.5) is 0 Å². The molecule has 3 nitrogen and oxygen atoms in total. The van der Waals surface area contributed by atoms with Gasteiger partial charge in [0.25, 0.3) is 0 Å². The number of hydrogen-bond acceptors (Lipinski definition) is 3. The summed E-state index contributed by atoms with van der Waals surface area (Å²) < 4.78 is 12.7. The summed E-state index contributed by atoms with van der Waals surface area (Å²) >= 11 is 0. The molecule has 1 saturated carbocycles. The molecule has 3 fully saturated rings. The first kappa shape index (κ1) is 14.9. The van der Waals surface area contributed by atoms with Gasteiger partial charge in [0.1, 0.15) is 5.60 Å². The minimum absolute atomic E-state index is 0.00593. The number of Topliss-reactive ketones (excluding diaryl/α,β-unsaturated/α-hetero) is 1. The monoisotopic (exact) mass is 304 g/mol. The van der Waals surface area contributed by atoms with Gasteiger partial charge in [-0.1, -0.05) is 34.6 Å². The molecule has 1 spiro atoms. The molecule has 122 valence electrons. The number of carbonyl (C=O) groups excluding carboxylic acids is 1. The molecule has 0 radical (unpaired) electrons. The predicted octanol–water partition coefficient (Wildman–Crippen LogP) is 3.38. The number of ether oxygens (including phenoxy) is 2. The Morgan fingerprint density at radius 1 is 1.32 bits per heavy atom. The molecule has 0 aromatic rings. The number of hydrogen-bond donors (Lipinski definition) is 0. The zero-order valence-corrected chi connectivity index (χ0v) is 14.6. The van der Waals surface area contributed by atoms with Crippen LogP contribution in [-0.2, 0) is 14.3 Å². The normalized spacial score (nSPS) is 59.5. The average Bonchev–Trinajstić information content (AvgIpc) is 3.27. The zero-order chi connectivity index (χ0) is 16.1. The van der Waals surface area contributed by atoms with E-state index in [1.807, 2.05) is 6.92 Å². The molecular formula is C19H28O3. The van der Waals surface area contributed by atoms with Crippen LogP contribution in [0.25, 0.3) is 0 Å². The standard InChI is InChI=1S/C19H28O3/c1-7-18-13(5)15(20)10(2)8-14(18)22-16-11(3)12(4)17(18,6)19(16)9-21-19/h8,11-14,16H,7,9H2,1-6H3/t11?,12-,13?,14?,16?,17-,18?,19?/m1/s1. The van der Waals surface area contributed by atoms with E-state index in [0.717, 1.165) is 18.6 Å². The maximum absolute atomic E-state index is 12.8. The van der Waals surface area contributed by atoms with E-state index in [2.05, 4.69) is 40.7 Å². The molecule has 2 heterocycles. The van der Waals surface area contributed by atoms with Crippen molar-refractivity contribution in [2.75, 3.05) is 6.61 Å². The topological polar surface area (TPSA) is 38.8 Å². The Morgan fingerprint density at radius 2 is 1.95 bits per heavy atom. The molecule has 8 atom stereocenters. The van der Waals surface area contributed by atoms with Crippen LogP contribution in [0.2, 0.25) is 0 Å². The second-order valence-electron chi connectivity index (χ2n) is 8.34. The van der Waals surface area contributed by atoms with Crippen molar-refractivity contribution in [3.05, 3.63) is 11.6 Å². The highest BCUT2D eigenvalue weighted by Gasteiger charge is 2.83. The van der Waals surface area contributed by atoms with Crippen LogP contribution in [0.3, 0.4) is 0 Å². The van der Waals surface area contributed by atoms with Crippen molar-refractivity contribution in [2.24, 2.45) is 28.6 Å². The Labute approximate surface area is 133 Å². The SMILES string of the molecule is CCC12C(C=C(C)C(=O)C1C)OC1C(C)[C@@H](C)[C@@]2(C)C12CO2. The van der Waals surface area contributed by atoms with Crippen molar-refractivity contribution in [1.29, 1.82) is 0 Å². The number of fused-ring (bicyclic) bond motifs is 2. The summed E-state index contributed by atoms with van der Waals surface area (Å²) in [5.41, 5.74) is 0.554. The first-order chi connectivity index (χ1) is 10.3. The smallest absolute Gasteiger partial charge is 0.161 e. The molecule has 4 rings (SSSR count). The lowest BCUT2D eigenvalue weighted by Crippen LogP contribution is -2.67. The number of epoxide rings is 1. The van der Waals surface area contributed by atoms with E-state index in [4.69, 9.17) is 9.47 Å². The third-order valence-electron chi connectivity index (χ3n) is 8.28. The van der Waals surface area contributed by atoms with Gasteiger partial charge in [0.15, 0.2) is 5.78 Å². The fraction of sp³-hybridized carbons (Fsp3) is 0.842. The molecule has 22 heavy (non-hydrogen) atoms. The van der Waals surface area contributed by atoms with Gasteiger partial charge in [-0.2, -0.15) is 0 Å². The summed E-state index contributed by atoms with van der Waals surface area (Å²) in [4.78, 5) is 12.8. The lowest BCUT2D eigenvalue weighted by Gasteiger charge is -2.61. The highest BCUT2D eigenvalue weighted by Crippen LogP contribution is 2.76. The van der Waals surface area contributed by atoms with E-state index in [9.17, 15) is 4.79 Å². The van der Waals surface area contributed by atoms with E-state index in [1.54, 1.807) is 0 Å². The second-order valence-corrected chi connectivity index (χ2v) is 8.34. The molecule has 0 aromatic heterocycles. The summed E-state index contributed by atoms with van der Waals surface area (Å²) in [6, 6.07) is 0. The van der Waals surface area contributed by atoms with Crippen molar-refractivity contribution in [3.8, 4) is 0 Å². The number of rotatable bonds is 1. The van der Waals surface area contributed by atoms with E-state index >= 15 is 0 Å². The second kappa shape index (κ2) is 4.05. The molecule has 2 aliphatic heterocycles. The maximum atomic E-state index is 12.8. The Morgan fingerprint density at radius 3 is 2.50 bits per heavy atom. The summed E-state index contributed by atoms with van der Waals surface area (Å²) in [7, 11) is 0. The average molecular weight is 304 g/mol. The Hall–Kier alpha value is -0.670. The number of carbonyl (C=O) groups is 1. The van der Waals surface area contributed by atoms with E-state index < -0.39 is 0 Å². The molecule has 2 aliphatic carbocycles. The molecule has 0 amide bonds. The Balaban J connectivity index is 1.98. The number of ketones is 1. The minimum Gasteiger partial charge on any atom is -0.367 e. The highest BCUT2D eigenvalue weighted by molar-refractivity contribution is 5.98. The maximum Gasteiger partial charge on any atom is 0.161 e. The van der Waals surface area contributed by atoms with E-state index in [-0.39, 0.29) is 34.6 Å². The quantitative estimate of drug-likeness (QED) is 0.697. The van der Waals surface area contributed by atoms with Gasteiger partial charge in [0, 0.05) is 16.7 Å². The lowest BCUT2D eigenvalue weighted by atomic mass is 9.45. The van der Waals surface area contributed by atoms with Crippen LogP contribution in [0.5, 0.6) is 0 Å². The minimum atomic E-state index is -0.161. The molecule has 0 aromatic carbocycles. The third kappa shape index (κ3) is 1.21. The van der Waals surface area contributed by atoms with Crippen LogP contribution in [-0.4, -0.2) is 30.2 Å². The van der Waals surface area contributed by atoms with Gasteiger partial charge in [0.05, 0.1) is 18.8 Å². The van der Waals surface area contributed by atoms with Crippen LogP contribution in [0.1, 0.15) is 48.0 Å². The van der Waals surface area contributed by atoms with Crippen molar-refractivity contribution in [2.45, 2.75) is 65.8 Å². The summed E-state index contributed by atoms with van der Waals surface area (Å²) in [6.45, 7) is 14.1. The molecule has 6 unspecified atom stereocenters. The summed E-state index contributed by atoms with van der Waals surface area (Å²) in [5, 5.41) is 0. The highest BCUT2D eigenvalue weighted by atomic mass is 16.6. The summed E-state index contributed by atoms with van der Waals surface area (Å²) in [6.07, 6.45) is 3.28. The van der Waals surface area contributed by atoms with Gasteiger partial charge < -0.3 is 9.47 Å². The number of allylic oxidation sites excluding steroid dienone is 1. The first-order valence-corrected chi connectivity index (χ1v) is 8.80. The molecular weight excluding hydrogens is 276 g/mol. The van der Waals surface area contributed by atoms with Crippen molar-refractivity contribution >= 4 is 5.78 Å². The molecule has 2 bridgehead atoms. The fourth-order valence-electron chi connectivity index (χ4n) is 6.71. The van der Waals surface area contributed by atoms with Gasteiger partial charge in [0.2, 0.25) is 0 Å².